The van der Waals surface area contributed by atoms with Crippen LogP contribution in [0.15, 0.2) is 59.6 Å². The molecule has 0 saturated carbocycles. The van der Waals surface area contributed by atoms with Crippen LogP contribution in [-0.4, -0.2) is 35.9 Å². The molecule has 3 aromatic rings. The summed E-state index contributed by atoms with van der Waals surface area (Å²) < 4.78 is 12.2. The van der Waals surface area contributed by atoms with Gasteiger partial charge in [0.1, 0.15) is 0 Å². The number of esters is 2. The van der Waals surface area contributed by atoms with Crippen molar-refractivity contribution in [1.82, 2.24) is 4.57 Å². The van der Waals surface area contributed by atoms with E-state index in [-0.39, 0.29) is 11.9 Å². The van der Waals surface area contributed by atoms with Crippen LogP contribution in [0.25, 0.3) is 5.69 Å². The van der Waals surface area contributed by atoms with Crippen LogP contribution in [0.5, 0.6) is 0 Å². The van der Waals surface area contributed by atoms with Gasteiger partial charge in [0.25, 0.3) is 0 Å². The summed E-state index contributed by atoms with van der Waals surface area (Å²) in [7, 11) is 0. The van der Waals surface area contributed by atoms with Crippen molar-refractivity contribution < 1.29 is 19.1 Å². The van der Waals surface area contributed by atoms with Crippen LogP contribution < -0.4 is 0 Å². The molecule has 0 radical (unpaired) electrons. The summed E-state index contributed by atoms with van der Waals surface area (Å²) in [4.78, 5) is 28.3. The van der Waals surface area contributed by atoms with Crippen molar-refractivity contribution in [1.29, 1.82) is 0 Å². The maximum absolute atomic E-state index is 11.9. The molecule has 0 aliphatic heterocycles. The number of aryl methyl sites for hydroxylation is 1. The first-order chi connectivity index (χ1) is 14.9. The lowest BCUT2D eigenvalue weighted by molar-refractivity contribution is 0.0517. The molecule has 0 amide bonds. The van der Waals surface area contributed by atoms with Gasteiger partial charge in [0.2, 0.25) is 0 Å². The number of aromatic nitrogens is 1. The molecule has 0 aliphatic rings. The summed E-state index contributed by atoms with van der Waals surface area (Å²) in [5, 5.41) is 0. The third kappa shape index (κ3) is 5.09. The third-order valence-corrected chi connectivity index (χ3v) is 4.82. The average molecular weight is 418 g/mol. The number of aliphatic imine (C=N–C) groups is 1. The fourth-order valence-electron chi connectivity index (χ4n) is 3.35. The second-order valence-corrected chi connectivity index (χ2v) is 6.96. The van der Waals surface area contributed by atoms with Gasteiger partial charge in [0.15, 0.2) is 0 Å². The number of carbonyl (C=O) groups is 2. The SMILES string of the molecule is CCOC(=O)c1ccc(-n2c(C)cc(C=Nc3cccc(C(=O)OCC)c3)c2C)cc1. The minimum Gasteiger partial charge on any atom is -0.462 e. The molecule has 1 heterocycles. The number of nitrogens with zero attached hydrogens (tertiary/aromatic N) is 2. The van der Waals surface area contributed by atoms with Gasteiger partial charge < -0.3 is 14.0 Å². The standard InChI is InChI=1S/C25H26N2O4/c1-5-30-24(28)19-10-12-23(13-11-19)27-17(3)14-21(18(27)4)16-26-22-9-7-8-20(15-22)25(29)31-6-2/h7-16H,5-6H2,1-4H3. The summed E-state index contributed by atoms with van der Waals surface area (Å²) in [6, 6.07) is 16.4. The van der Waals surface area contributed by atoms with Gasteiger partial charge in [-0.15, -0.1) is 0 Å². The van der Waals surface area contributed by atoms with Crippen LogP contribution >= 0.6 is 0 Å². The first-order valence-electron chi connectivity index (χ1n) is 10.2. The van der Waals surface area contributed by atoms with E-state index in [0.29, 0.717) is 30.0 Å². The van der Waals surface area contributed by atoms with Crippen LogP contribution in [0.4, 0.5) is 5.69 Å². The van der Waals surface area contributed by atoms with E-state index in [1.54, 1.807) is 50.4 Å². The van der Waals surface area contributed by atoms with Crippen molar-refractivity contribution in [3.63, 3.8) is 0 Å². The van der Waals surface area contributed by atoms with Crippen LogP contribution in [0.1, 0.15) is 51.5 Å². The highest BCUT2D eigenvalue weighted by atomic mass is 16.5. The Morgan fingerprint density at radius 3 is 2.19 bits per heavy atom. The lowest BCUT2D eigenvalue weighted by Gasteiger charge is -2.10. The zero-order chi connectivity index (χ0) is 22.4. The lowest BCUT2D eigenvalue weighted by atomic mass is 10.2. The number of hydrogen-bond acceptors (Lipinski definition) is 5. The monoisotopic (exact) mass is 418 g/mol. The first kappa shape index (κ1) is 22.0. The van der Waals surface area contributed by atoms with Gasteiger partial charge in [-0.3, -0.25) is 4.99 Å². The quantitative estimate of drug-likeness (QED) is 0.391. The van der Waals surface area contributed by atoms with E-state index in [4.69, 9.17) is 9.47 Å². The molecule has 0 spiro atoms. The molecule has 0 atom stereocenters. The molecular weight excluding hydrogens is 392 g/mol. The molecule has 0 N–H and O–H groups in total. The van der Waals surface area contributed by atoms with E-state index >= 15 is 0 Å². The molecule has 31 heavy (non-hydrogen) atoms. The summed E-state index contributed by atoms with van der Waals surface area (Å²) in [6.45, 7) is 8.28. The predicted octanol–water partition coefficient (Wildman–Crippen LogP) is 5.20. The predicted molar refractivity (Wildman–Crippen MR) is 121 cm³/mol. The fourth-order valence-corrected chi connectivity index (χ4v) is 3.35. The normalized spacial score (nSPS) is 11.0. The van der Waals surface area contributed by atoms with E-state index in [2.05, 4.69) is 9.56 Å². The Morgan fingerprint density at radius 2 is 1.55 bits per heavy atom. The van der Waals surface area contributed by atoms with Gasteiger partial charge in [-0.05, 0) is 76.2 Å². The molecule has 0 bridgehead atoms. The second-order valence-electron chi connectivity index (χ2n) is 6.96. The molecule has 160 valence electrons. The fraction of sp³-hybridized carbons (Fsp3) is 0.240. The van der Waals surface area contributed by atoms with Gasteiger partial charge in [0.05, 0.1) is 30.0 Å². The van der Waals surface area contributed by atoms with Gasteiger partial charge >= 0.3 is 11.9 Å². The molecule has 0 saturated heterocycles. The van der Waals surface area contributed by atoms with E-state index in [1.165, 1.54) is 0 Å². The number of benzene rings is 2. The number of rotatable bonds is 7. The highest BCUT2D eigenvalue weighted by Crippen LogP contribution is 2.22. The number of carbonyl (C=O) groups excluding carboxylic acids is 2. The summed E-state index contributed by atoms with van der Waals surface area (Å²) >= 11 is 0. The highest BCUT2D eigenvalue weighted by Gasteiger charge is 2.12. The van der Waals surface area contributed by atoms with Gasteiger partial charge in [-0.1, -0.05) is 6.07 Å². The Labute approximate surface area is 182 Å². The van der Waals surface area contributed by atoms with Gasteiger partial charge in [0, 0.05) is 28.9 Å². The van der Waals surface area contributed by atoms with Crippen molar-refractivity contribution >= 4 is 23.8 Å². The van der Waals surface area contributed by atoms with Crippen molar-refractivity contribution in [2.75, 3.05) is 13.2 Å². The van der Waals surface area contributed by atoms with Crippen LogP contribution in [0.3, 0.4) is 0 Å². The Hall–Kier alpha value is -3.67. The average Bonchev–Trinajstić information content (AvgIpc) is 3.06. The number of hydrogen-bond donors (Lipinski definition) is 0. The van der Waals surface area contributed by atoms with Crippen LogP contribution in [0, 0.1) is 13.8 Å². The molecule has 2 aromatic carbocycles. The third-order valence-electron chi connectivity index (χ3n) is 4.82. The minimum atomic E-state index is -0.357. The Kier molecular flexibility index (Phi) is 7.03. The molecule has 6 nitrogen and oxygen atoms in total. The minimum absolute atomic E-state index is 0.326. The van der Waals surface area contributed by atoms with Gasteiger partial charge in [-0.25, -0.2) is 9.59 Å². The molecule has 1 aromatic heterocycles. The Balaban J connectivity index is 1.84. The molecule has 0 fully saturated rings. The lowest BCUT2D eigenvalue weighted by Crippen LogP contribution is -2.05. The highest BCUT2D eigenvalue weighted by molar-refractivity contribution is 5.91. The maximum Gasteiger partial charge on any atom is 0.338 e. The second kappa shape index (κ2) is 9.89. The van der Waals surface area contributed by atoms with Crippen molar-refractivity contribution in [3.05, 3.63) is 82.7 Å². The van der Waals surface area contributed by atoms with Crippen molar-refractivity contribution in [3.8, 4) is 5.69 Å². The maximum atomic E-state index is 11.9. The number of ether oxygens (including phenoxy) is 2. The Morgan fingerprint density at radius 1 is 0.903 bits per heavy atom. The van der Waals surface area contributed by atoms with E-state index in [0.717, 1.165) is 22.6 Å². The molecule has 6 heteroatoms. The van der Waals surface area contributed by atoms with Crippen LogP contribution in [0.2, 0.25) is 0 Å². The molecule has 0 aliphatic carbocycles. The van der Waals surface area contributed by atoms with E-state index in [1.807, 2.05) is 38.1 Å². The first-order valence-corrected chi connectivity index (χ1v) is 10.2. The topological polar surface area (TPSA) is 69.9 Å². The summed E-state index contributed by atoms with van der Waals surface area (Å²) in [6.07, 6.45) is 1.79. The molecule has 3 rings (SSSR count). The van der Waals surface area contributed by atoms with Crippen molar-refractivity contribution in [2.24, 2.45) is 4.99 Å². The Bertz CT molecular complexity index is 1110. The van der Waals surface area contributed by atoms with Crippen molar-refractivity contribution in [2.45, 2.75) is 27.7 Å². The zero-order valence-corrected chi connectivity index (χ0v) is 18.2. The zero-order valence-electron chi connectivity index (χ0n) is 18.2. The smallest absolute Gasteiger partial charge is 0.338 e. The molecule has 0 unspecified atom stereocenters. The summed E-state index contributed by atoms with van der Waals surface area (Å²) in [5.74, 6) is -0.683. The van der Waals surface area contributed by atoms with E-state index < -0.39 is 0 Å². The molecular formula is C25H26N2O4. The van der Waals surface area contributed by atoms with Gasteiger partial charge in [-0.2, -0.15) is 0 Å². The summed E-state index contributed by atoms with van der Waals surface area (Å²) in [5.41, 5.74) is 5.66. The largest absolute Gasteiger partial charge is 0.462 e. The van der Waals surface area contributed by atoms with Crippen LogP contribution in [-0.2, 0) is 9.47 Å². The van der Waals surface area contributed by atoms with E-state index in [9.17, 15) is 9.59 Å².